The maximum absolute atomic E-state index is 12.8. The smallest absolute Gasteiger partial charge is 0.248 e. The highest BCUT2D eigenvalue weighted by Crippen LogP contribution is 2.27. The van der Waals surface area contributed by atoms with Gasteiger partial charge in [0, 0.05) is 18.9 Å². The standard InChI is InChI=1S/C15H26N4O3S/c1-14(2,3)23(21,22)12-10-17-13(20)15(5-8-16-9-6-15)19-11-4-7-18-19/h4,7,11,16H,5-6,8-10,12H2,1-3H3,(H,17,20). The fourth-order valence-corrected chi connectivity index (χ4v) is 3.68. The highest BCUT2D eigenvalue weighted by Gasteiger charge is 2.42. The van der Waals surface area contributed by atoms with Gasteiger partial charge in [-0.3, -0.25) is 9.48 Å². The average Bonchev–Trinajstić information content (AvgIpc) is 3.01. The zero-order chi connectivity index (χ0) is 17.1. The Hall–Kier alpha value is -1.41. The number of sulfone groups is 1. The molecule has 1 saturated heterocycles. The number of carbonyl (C=O) groups excluding carboxylic acids is 1. The first-order valence-electron chi connectivity index (χ1n) is 7.90. The van der Waals surface area contributed by atoms with E-state index in [9.17, 15) is 13.2 Å². The molecule has 23 heavy (non-hydrogen) atoms. The van der Waals surface area contributed by atoms with Gasteiger partial charge < -0.3 is 10.6 Å². The van der Waals surface area contributed by atoms with E-state index in [4.69, 9.17) is 0 Å². The molecule has 0 atom stereocenters. The van der Waals surface area contributed by atoms with Crippen molar-refractivity contribution in [2.75, 3.05) is 25.4 Å². The molecule has 2 rings (SSSR count). The number of piperidine rings is 1. The molecule has 8 heteroatoms. The molecule has 0 spiro atoms. The van der Waals surface area contributed by atoms with Gasteiger partial charge >= 0.3 is 0 Å². The van der Waals surface area contributed by atoms with Crippen LogP contribution in [0.1, 0.15) is 33.6 Å². The molecule has 0 aromatic carbocycles. The second-order valence-electron chi connectivity index (χ2n) is 6.92. The Kier molecular flexibility index (Phi) is 5.15. The maximum atomic E-state index is 12.8. The minimum absolute atomic E-state index is 0.0598. The average molecular weight is 342 g/mol. The van der Waals surface area contributed by atoms with Crippen LogP contribution in [0, 0.1) is 0 Å². The van der Waals surface area contributed by atoms with Crippen LogP contribution >= 0.6 is 0 Å². The molecule has 1 aromatic rings. The van der Waals surface area contributed by atoms with E-state index in [-0.39, 0.29) is 18.2 Å². The number of aromatic nitrogens is 2. The zero-order valence-corrected chi connectivity index (χ0v) is 14.8. The number of rotatable bonds is 5. The van der Waals surface area contributed by atoms with Crippen molar-refractivity contribution in [2.45, 2.75) is 43.9 Å². The third-order valence-corrected chi connectivity index (χ3v) is 6.99. The summed E-state index contributed by atoms with van der Waals surface area (Å²) in [5.74, 6) is -0.220. The maximum Gasteiger partial charge on any atom is 0.248 e. The third kappa shape index (κ3) is 3.74. The van der Waals surface area contributed by atoms with Crippen molar-refractivity contribution in [2.24, 2.45) is 0 Å². The van der Waals surface area contributed by atoms with E-state index in [1.807, 2.05) is 0 Å². The minimum Gasteiger partial charge on any atom is -0.353 e. The third-order valence-electron chi connectivity index (χ3n) is 4.39. The number of hydrogen-bond donors (Lipinski definition) is 2. The molecule has 1 aliphatic rings. The predicted octanol–water partition coefficient (Wildman–Crippen LogP) is 0.291. The number of amides is 1. The van der Waals surface area contributed by atoms with Crippen molar-refractivity contribution in [1.29, 1.82) is 0 Å². The summed E-state index contributed by atoms with van der Waals surface area (Å²) in [5, 5.41) is 10.3. The number of nitrogens with one attached hydrogen (secondary N) is 2. The van der Waals surface area contributed by atoms with Crippen LogP contribution in [-0.2, 0) is 20.2 Å². The van der Waals surface area contributed by atoms with Crippen LogP contribution in [0.5, 0.6) is 0 Å². The summed E-state index contributed by atoms with van der Waals surface area (Å²) in [6, 6.07) is 1.79. The van der Waals surface area contributed by atoms with Gasteiger partial charge in [-0.05, 0) is 52.8 Å². The molecule has 0 radical (unpaired) electrons. The molecule has 0 aliphatic carbocycles. The lowest BCUT2D eigenvalue weighted by atomic mass is 9.87. The summed E-state index contributed by atoms with van der Waals surface area (Å²) in [6.07, 6.45) is 4.71. The molecule has 1 aliphatic heterocycles. The molecule has 2 heterocycles. The van der Waals surface area contributed by atoms with Crippen LogP contribution in [0.4, 0.5) is 0 Å². The summed E-state index contributed by atoms with van der Waals surface area (Å²) in [5.41, 5.74) is -0.736. The largest absolute Gasteiger partial charge is 0.353 e. The van der Waals surface area contributed by atoms with E-state index < -0.39 is 20.1 Å². The normalized spacial score (nSPS) is 18.6. The molecule has 0 bridgehead atoms. The predicted molar refractivity (Wildman–Crippen MR) is 88.9 cm³/mol. The molecule has 0 saturated carbocycles. The van der Waals surface area contributed by atoms with Gasteiger partial charge in [0.2, 0.25) is 5.91 Å². The van der Waals surface area contributed by atoms with E-state index in [1.54, 1.807) is 43.9 Å². The van der Waals surface area contributed by atoms with Crippen molar-refractivity contribution < 1.29 is 13.2 Å². The summed E-state index contributed by atoms with van der Waals surface area (Å²) in [7, 11) is -3.25. The van der Waals surface area contributed by atoms with Crippen LogP contribution < -0.4 is 10.6 Å². The van der Waals surface area contributed by atoms with Crippen LogP contribution in [0.15, 0.2) is 18.5 Å². The Labute approximate surface area is 137 Å². The second-order valence-corrected chi connectivity index (χ2v) is 9.78. The summed E-state index contributed by atoms with van der Waals surface area (Å²) in [6.45, 7) is 6.59. The first-order valence-corrected chi connectivity index (χ1v) is 9.56. The Morgan fingerprint density at radius 1 is 1.35 bits per heavy atom. The fourth-order valence-electron chi connectivity index (χ4n) is 2.69. The lowest BCUT2D eigenvalue weighted by molar-refractivity contribution is -0.131. The Bertz CT molecular complexity index is 626. The SMILES string of the molecule is CC(C)(C)S(=O)(=O)CCNC(=O)C1(n2cccn2)CCNCC1. The van der Waals surface area contributed by atoms with Gasteiger partial charge in [-0.15, -0.1) is 0 Å². The van der Waals surface area contributed by atoms with Gasteiger partial charge in [-0.2, -0.15) is 5.10 Å². The Balaban J connectivity index is 2.06. The molecular weight excluding hydrogens is 316 g/mol. The van der Waals surface area contributed by atoms with Crippen molar-refractivity contribution in [3.63, 3.8) is 0 Å². The first kappa shape index (κ1) is 17.9. The van der Waals surface area contributed by atoms with Gasteiger partial charge in [-0.25, -0.2) is 8.42 Å². The molecule has 0 unspecified atom stereocenters. The Morgan fingerprint density at radius 2 is 2.00 bits per heavy atom. The quantitative estimate of drug-likeness (QED) is 0.802. The van der Waals surface area contributed by atoms with Crippen molar-refractivity contribution in [3.8, 4) is 0 Å². The van der Waals surface area contributed by atoms with Gasteiger partial charge in [0.25, 0.3) is 0 Å². The molecule has 1 aromatic heterocycles. The van der Waals surface area contributed by atoms with E-state index in [0.29, 0.717) is 12.8 Å². The molecule has 7 nitrogen and oxygen atoms in total. The molecule has 1 amide bonds. The van der Waals surface area contributed by atoms with Gasteiger partial charge in [0.15, 0.2) is 9.84 Å². The molecule has 1 fully saturated rings. The monoisotopic (exact) mass is 342 g/mol. The topological polar surface area (TPSA) is 93.1 Å². The molecule has 130 valence electrons. The van der Waals surface area contributed by atoms with Gasteiger partial charge in [0.05, 0.1) is 10.5 Å². The van der Waals surface area contributed by atoms with E-state index in [2.05, 4.69) is 15.7 Å². The van der Waals surface area contributed by atoms with Crippen LogP contribution in [0.25, 0.3) is 0 Å². The number of hydrogen-bond acceptors (Lipinski definition) is 5. The van der Waals surface area contributed by atoms with E-state index in [1.165, 1.54) is 0 Å². The van der Waals surface area contributed by atoms with Gasteiger partial charge in [-0.1, -0.05) is 0 Å². The first-order chi connectivity index (χ1) is 10.7. The molecule has 2 N–H and O–H groups in total. The lowest BCUT2D eigenvalue weighted by Gasteiger charge is -2.36. The Morgan fingerprint density at radius 3 is 2.52 bits per heavy atom. The fraction of sp³-hybridized carbons (Fsp3) is 0.733. The summed E-state index contributed by atoms with van der Waals surface area (Å²) < 4.78 is 25.2. The number of carbonyl (C=O) groups is 1. The lowest BCUT2D eigenvalue weighted by Crippen LogP contribution is -2.55. The summed E-state index contributed by atoms with van der Waals surface area (Å²) in [4.78, 5) is 12.8. The van der Waals surface area contributed by atoms with Crippen molar-refractivity contribution >= 4 is 15.7 Å². The van der Waals surface area contributed by atoms with Crippen molar-refractivity contribution in [3.05, 3.63) is 18.5 Å². The van der Waals surface area contributed by atoms with Crippen LogP contribution in [0.3, 0.4) is 0 Å². The minimum atomic E-state index is -3.25. The summed E-state index contributed by atoms with van der Waals surface area (Å²) >= 11 is 0. The van der Waals surface area contributed by atoms with Crippen LogP contribution in [0.2, 0.25) is 0 Å². The highest BCUT2D eigenvalue weighted by atomic mass is 32.2. The second kappa shape index (κ2) is 6.60. The van der Waals surface area contributed by atoms with E-state index in [0.717, 1.165) is 13.1 Å². The van der Waals surface area contributed by atoms with Crippen molar-refractivity contribution in [1.82, 2.24) is 20.4 Å². The van der Waals surface area contributed by atoms with Crippen LogP contribution in [-0.4, -0.2) is 54.2 Å². The zero-order valence-electron chi connectivity index (χ0n) is 14.0. The highest BCUT2D eigenvalue weighted by molar-refractivity contribution is 7.92. The number of nitrogens with zero attached hydrogens (tertiary/aromatic N) is 2. The molecular formula is C15H26N4O3S. The van der Waals surface area contributed by atoms with E-state index >= 15 is 0 Å². The van der Waals surface area contributed by atoms with Gasteiger partial charge in [0.1, 0.15) is 5.54 Å².